The van der Waals surface area contributed by atoms with Crippen LogP contribution in [0.2, 0.25) is 0 Å². The maximum Gasteiger partial charge on any atom is 0.410 e. The summed E-state index contributed by atoms with van der Waals surface area (Å²) in [4.78, 5) is 13.7. The van der Waals surface area contributed by atoms with Crippen molar-refractivity contribution in [1.29, 1.82) is 0 Å². The fraction of sp³-hybridized carbons (Fsp3) is 0.786. The largest absolute Gasteiger partial charge is 0.444 e. The summed E-state index contributed by atoms with van der Waals surface area (Å²) in [7, 11) is 0. The first-order valence-electron chi connectivity index (χ1n) is 6.51. The molecule has 1 unspecified atom stereocenters. The van der Waals surface area contributed by atoms with Crippen LogP contribution in [-0.4, -0.2) is 29.7 Å². The number of unbranched alkanes of at least 4 members (excludes halogenated alkanes) is 1. The Kier molecular flexibility index (Phi) is 5.03. The fourth-order valence-corrected chi connectivity index (χ4v) is 2.11. The highest BCUT2D eigenvalue weighted by molar-refractivity contribution is 5.68. The van der Waals surface area contributed by atoms with E-state index in [1.807, 2.05) is 31.7 Å². The van der Waals surface area contributed by atoms with Gasteiger partial charge in [-0.1, -0.05) is 6.08 Å². The minimum atomic E-state index is -0.391. The van der Waals surface area contributed by atoms with Crippen LogP contribution in [-0.2, 0) is 4.74 Å². The second-order valence-electron chi connectivity index (χ2n) is 5.80. The first-order chi connectivity index (χ1) is 7.92. The lowest BCUT2D eigenvalue weighted by Gasteiger charge is -2.24. The van der Waals surface area contributed by atoms with E-state index in [0.29, 0.717) is 5.92 Å². The minimum Gasteiger partial charge on any atom is -0.444 e. The number of likely N-dealkylation sites (tertiary alicyclic amines) is 1. The molecule has 0 bridgehead atoms. The zero-order valence-electron chi connectivity index (χ0n) is 11.4. The highest BCUT2D eigenvalue weighted by Gasteiger charge is 2.29. The van der Waals surface area contributed by atoms with Crippen molar-refractivity contribution in [2.24, 2.45) is 5.92 Å². The minimum absolute atomic E-state index is 0.163. The van der Waals surface area contributed by atoms with Crippen LogP contribution in [0.5, 0.6) is 0 Å². The summed E-state index contributed by atoms with van der Waals surface area (Å²) < 4.78 is 5.37. The molecule has 98 valence electrons. The fourth-order valence-electron chi connectivity index (χ4n) is 2.11. The molecule has 1 saturated heterocycles. The zero-order valence-corrected chi connectivity index (χ0v) is 11.4. The van der Waals surface area contributed by atoms with Gasteiger partial charge < -0.3 is 9.64 Å². The SMILES string of the molecule is C=CCCCC1CCN(C(=O)OC(C)(C)C)C1. The van der Waals surface area contributed by atoms with E-state index in [1.165, 1.54) is 12.8 Å². The number of carbonyl (C=O) groups is 1. The van der Waals surface area contributed by atoms with E-state index in [-0.39, 0.29) is 6.09 Å². The van der Waals surface area contributed by atoms with Gasteiger partial charge in [0.1, 0.15) is 5.60 Å². The van der Waals surface area contributed by atoms with Crippen LogP contribution in [0.25, 0.3) is 0 Å². The topological polar surface area (TPSA) is 29.5 Å². The van der Waals surface area contributed by atoms with Crippen LogP contribution >= 0.6 is 0 Å². The summed E-state index contributed by atoms with van der Waals surface area (Å²) in [6.07, 6.45) is 6.34. The Bertz CT molecular complexity index is 268. The van der Waals surface area contributed by atoms with Gasteiger partial charge in [0.15, 0.2) is 0 Å². The molecule has 0 aliphatic carbocycles. The molecule has 0 saturated carbocycles. The average Bonchev–Trinajstić information content (AvgIpc) is 2.64. The van der Waals surface area contributed by atoms with Crippen molar-refractivity contribution in [3.8, 4) is 0 Å². The lowest BCUT2D eigenvalue weighted by Crippen LogP contribution is -2.35. The number of amides is 1. The standard InChI is InChI=1S/C14H25NO2/c1-5-6-7-8-12-9-10-15(11-12)13(16)17-14(2,3)4/h5,12H,1,6-11H2,2-4H3. The van der Waals surface area contributed by atoms with Gasteiger partial charge in [-0.15, -0.1) is 6.58 Å². The van der Waals surface area contributed by atoms with Gasteiger partial charge in [-0.05, 0) is 52.4 Å². The molecule has 1 heterocycles. The van der Waals surface area contributed by atoms with E-state index < -0.39 is 5.60 Å². The van der Waals surface area contributed by atoms with Gasteiger partial charge in [0.25, 0.3) is 0 Å². The second kappa shape index (κ2) is 6.08. The first kappa shape index (κ1) is 14.1. The van der Waals surface area contributed by atoms with Gasteiger partial charge in [0.05, 0.1) is 0 Å². The molecular weight excluding hydrogens is 214 g/mol. The molecule has 0 aromatic heterocycles. The maximum atomic E-state index is 11.8. The Balaban J connectivity index is 2.29. The molecule has 17 heavy (non-hydrogen) atoms. The van der Waals surface area contributed by atoms with Crippen LogP contribution < -0.4 is 0 Å². The average molecular weight is 239 g/mol. The number of ether oxygens (including phenoxy) is 1. The van der Waals surface area contributed by atoms with Gasteiger partial charge in [-0.3, -0.25) is 0 Å². The number of nitrogens with zero attached hydrogens (tertiary/aromatic N) is 1. The Morgan fingerprint density at radius 1 is 1.53 bits per heavy atom. The Morgan fingerprint density at radius 3 is 2.82 bits per heavy atom. The Morgan fingerprint density at radius 2 is 2.24 bits per heavy atom. The third-order valence-electron chi connectivity index (χ3n) is 2.96. The summed E-state index contributed by atoms with van der Waals surface area (Å²) in [6, 6.07) is 0. The van der Waals surface area contributed by atoms with E-state index in [0.717, 1.165) is 25.9 Å². The summed E-state index contributed by atoms with van der Waals surface area (Å²) in [5.74, 6) is 0.641. The third kappa shape index (κ3) is 5.24. The molecule has 0 aromatic rings. The van der Waals surface area contributed by atoms with Crippen LogP contribution in [0.4, 0.5) is 4.79 Å². The van der Waals surface area contributed by atoms with E-state index in [1.54, 1.807) is 0 Å². The molecule has 0 aromatic carbocycles. The monoisotopic (exact) mass is 239 g/mol. The van der Waals surface area contributed by atoms with Crippen molar-refractivity contribution >= 4 is 6.09 Å². The van der Waals surface area contributed by atoms with Crippen molar-refractivity contribution in [2.75, 3.05) is 13.1 Å². The van der Waals surface area contributed by atoms with E-state index >= 15 is 0 Å². The Hall–Kier alpha value is -0.990. The maximum absolute atomic E-state index is 11.8. The highest BCUT2D eigenvalue weighted by atomic mass is 16.6. The molecule has 1 fully saturated rings. The summed E-state index contributed by atoms with van der Waals surface area (Å²) in [6.45, 7) is 11.1. The van der Waals surface area contributed by atoms with E-state index in [9.17, 15) is 4.79 Å². The molecular formula is C14H25NO2. The van der Waals surface area contributed by atoms with E-state index in [4.69, 9.17) is 4.74 Å². The molecule has 0 spiro atoms. The van der Waals surface area contributed by atoms with Crippen molar-refractivity contribution in [3.05, 3.63) is 12.7 Å². The number of carbonyl (C=O) groups excluding carboxylic acids is 1. The van der Waals surface area contributed by atoms with Gasteiger partial charge >= 0.3 is 6.09 Å². The third-order valence-corrected chi connectivity index (χ3v) is 2.96. The van der Waals surface area contributed by atoms with Crippen LogP contribution in [0.15, 0.2) is 12.7 Å². The predicted molar refractivity (Wildman–Crippen MR) is 70.0 cm³/mol. The first-order valence-corrected chi connectivity index (χ1v) is 6.51. The van der Waals surface area contributed by atoms with Crippen molar-refractivity contribution in [1.82, 2.24) is 4.90 Å². The van der Waals surface area contributed by atoms with Gasteiger partial charge in [0, 0.05) is 13.1 Å². The van der Waals surface area contributed by atoms with Crippen molar-refractivity contribution < 1.29 is 9.53 Å². The molecule has 0 N–H and O–H groups in total. The van der Waals surface area contributed by atoms with Crippen molar-refractivity contribution in [3.63, 3.8) is 0 Å². The predicted octanol–water partition coefficient (Wildman–Crippen LogP) is 3.60. The molecule has 3 heteroatoms. The quantitative estimate of drug-likeness (QED) is 0.554. The molecule has 1 aliphatic heterocycles. The summed E-state index contributed by atoms with van der Waals surface area (Å²) in [5.41, 5.74) is -0.391. The number of rotatable bonds is 4. The Labute approximate surface area is 105 Å². The highest BCUT2D eigenvalue weighted by Crippen LogP contribution is 2.23. The number of hydrogen-bond acceptors (Lipinski definition) is 2. The molecule has 1 aliphatic rings. The molecule has 1 amide bonds. The second-order valence-corrected chi connectivity index (χ2v) is 5.80. The smallest absolute Gasteiger partial charge is 0.410 e. The summed E-state index contributed by atoms with van der Waals surface area (Å²) in [5, 5.41) is 0. The van der Waals surface area contributed by atoms with E-state index in [2.05, 4.69) is 6.58 Å². The zero-order chi connectivity index (χ0) is 12.9. The van der Waals surface area contributed by atoms with Crippen LogP contribution in [0.1, 0.15) is 46.5 Å². The number of allylic oxidation sites excluding steroid dienone is 1. The molecule has 1 atom stereocenters. The lowest BCUT2D eigenvalue weighted by molar-refractivity contribution is 0.0287. The normalized spacial score (nSPS) is 20.4. The lowest BCUT2D eigenvalue weighted by atomic mass is 10.0. The van der Waals surface area contributed by atoms with Crippen LogP contribution in [0, 0.1) is 5.92 Å². The molecule has 0 radical (unpaired) electrons. The number of hydrogen-bond donors (Lipinski definition) is 0. The van der Waals surface area contributed by atoms with Gasteiger partial charge in [0.2, 0.25) is 0 Å². The van der Waals surface area contributed by atoms with Gasteiger partial charge in [-0.25, -0.2) is 4.79 Å². The molecule has 3 nitrogen and oxygen atoms in total. The summed E-state index contributed by atoms with van der Waals surface area (Å²) >= 11 is 0. The molecule has 1 rings (SSSR count). The van der Waals surface area contributed by atoms with Gasteiger partial charge in [-0.2, -0.15) is 0 Å². The van der Waals surface area contributed by atoms with Crippen molar-refractivity contribution in [2.45, 2.75) is 52.1 Å². The van der Waals surface area contributed by atoms with Crippen LogP contribution in [0.3, 0.4) is 0 Å².